The first-order valence-electron chi connectivity index (χ1n) is 16.0. The van der Waals surface area contributed by atoms with E-state index < -0.39 is 5.97 Å². The van der Waals surface area contributed by atoms with Crippen LogP contribution in [0, 0.1) is 46.3 Å². The third-order valence-electron chi connectivity index (χ3n) is 11.8. The third kappa shape index (κ3) is 6.37. The van der Waals surface area contributed by atoms with Crippen LogP contribution in [0.4, 0.5) is 0 Å². The second-order valence-electron chi connectivity index (χ2n) is 15.5. The van der Waals surface area contributed by atoms with Crippen LogP contribution in [0.3, 0.4) is 0 Å². The molecular formula is C34H61NO3. The lowest BCUT2D eigenvalue weighted by Gasteiger charge is -2.61. The number of hydrogen-bond acceptors (Lipinski definition) is 3. The number of hydrogen-bond donors (Lipinski definition) is 1. The number of aliphatic hydroxyl groups excluding tert-OH is 1. The summed E-state index contributed by atoms with van der Waals surface area (Å²) in [4.78, 5) is 9.49. The molecule has 0 aromatic heterocycles. The lowest BCUT2D eigenvalue weighted by Crippen LogP contribution is -2.63. The number of aliphatic hydroxyl groups is 1. The van der Waals surface area contributed by atoms with Crippen molar-refractivity contribution >= 4 is 5.97 Å². The number of carboxylic acid groups (broad SMARTS) is 1. The van der Waals surface area contributed by atoms with Crippen LogP contribution in [0.25, 0.3) is 0 Å². The Morgan fingerprint density at radius 2 is 1.79 bits per heavy atom. The largest absolute Gasteiger partial charge is 0.550 e. The van der Waals surface area contributed by atoms with Crippen LogP contribution in [-0.4, -0.2) is 48.8 Å². The summed E-state index contributed by atoms with van der Waals surface area (Å²) in [5.41, 5.74) is 2.43. The zero-order valence-electron chi connectivity index (χ0n) is 26.4. The molecule has 0 aromatic carbocycles. The first-order chi connectivity index (χ1) is 17.7. The van der Waals surface area contributed by atoms with Crippen molar-refractivity contribution < 1.29 is 19.5 Å². The van der Waals surface area contributed by atoms with E-state index in [1.165, 1.54) is 51.4 Å². The first-order valence-corrected chi connectivity index (χ1v) is 16.0. The second-order valence-corrected chi connectivity index (χ2v) is 15.5. The molecule has 0 saturated heterocycles. The maximum absolute atomic E-state index is 10.7. The third-order valence-corrected chi connectivity index (χ3v) is 11.8. The molecule has 0 radical (unpaired) electrons. The monoisotopic (exact) mass is 531 g/mol. The van der Waals surface area contributed by atoms with Crippen molar-refractivity contribution in [2.75, 3.05) is 21.1 Å². The summed E-state index contributed by atoms with van der Waals surface area (Å²) in [6.45, 7) is 14.4. The van der Waals surface area contributed by atoms with Crippen molar-refractivity contribution in [1.82, 2.24) is 0 Å². The molecule has 3 saturated carbocycles. The number of carboxylic acids is 1. The first kappa shape index (κ1) is 31.7. The highest BCUT2D eigenvalue weighted by Crippen LogP contribution is 2.67. The Kier molecular flexibility index (Phi) is 10.3. The molecule has 0 bridgehead atoms. The zero-order chi connectivity index (χ0) is 28.5. The molecule has 38 heavy (non-hydrogen) atoms. The summed E-state index contributed by atoms with van der Waals surface area (Å²) in [6.07, 6.45) is 16.5. The summed E-state index contributed by atoms with van der Waals surface area (Å²) in [6, 6.07) is 0.529. The molecule has 0 aromatic rings. The van der Waals surface area contributed by atoms with Gasteiger partial charge < -0.3 is 19.5 Å². The Morgan fingerprint density at radius 1 is 1.11 bits per heavy atom. The Bertz CT molecular complexity index is 828. The van der Waals surface area contributed by atoms with Crippen LogP contribution in [0.15, 0.2) is 11.6 Å². The lowest BCUT2D eigenvalue weighted by atomic mass is 9.45. The van der Waals surface area contributed by atoms with Gasteiger partial charge in [-0.2, -0.15) is 0 Å². The van der Waals surface area contributed by atoms with Gasteiger partial charge in [0.05, 0.1) is 27.2 Å². The Hall–Kier alpha value is -0.870. The Morgan fingerprint density at radius 3 is 2.34 bits per heavy atom. The van der Waals surface area contributed by atoms with Gasteiger partial charge >= 0.3 is 0 Å². The Balaban J connectivity index is 0.000000599. The molecule has 4 rings (SSSR count). The van der Waals surface area contributed by atoms with Crippen LogP contribution < -0.4 is 5.11 Å². The van der Waals surface area contributed by atoms with Gasteiger partial charge in [-0.15, -0.1) is 0 Å². The maximum atomic E-state index is 10.7. The van der Waals surface area contributed by atoms with Gasteiger partial charge in [-0.25, -0.2) is 0 Å². The molecule has 4 heteroatoms. The van der Waals surface area contributed by atoms with Crippen molar-refractivity contribution in [2.45, 2.75) is 131 Å². The van der Waals surface area contributed by atoms with E-state index in [2.05, 4.69) is 61.8 Å². The number of nitrogens with zero attached hydrogens (tertiary/aromatic N) is 1. The van der Waals surface area contributed by atoms with Crippen molar-refractivity contribution in [2.24, 2.45) is 46.3 Å². The molecule has 0 amide bonds. The fourth-order valence-corrected chi connectivity index (χ4v) is 10.1. The molecule has 4 nitrogen and oxygen atoms in total. The summed E-state index contributed by atoms with van der Waals surface area (Å²) in [5.74, 6) is 4.28. The minimum absolute atomic E-state index is 0.148. The Labute approximate surface area is 235 Å². The van der Waals surface area contributed by atoms with Gasteiger partial charge in [0, 0.05) is 17.8 Å². The molecule has 1 unspecified atom stereocenters. The number of aliphatic carboxylic acids is 1. The minimum Gasteiger partial charge on any atom is -0.550 e. The molecule has 0 aliphatic heterocycles. The van der Waals surface area contributed by atoms with Gasteiger partial charge in [0.15, 0.2) is 0 Å². The fraction of sp³-hybridized carbons (Fsp3) is 0.912. The highest BCUT2D eigenvalue weighted by atomic mass is 16.4. The summed E-state index contributed by atoms with van der Waals surface area (Å²) in [5, 5.41) is 20.2. The molecule has 0 spiro atoms. The van der Waals surface area contributed by atoms with E-state index in [1.54, 1.807) is 12.5 Å². The molecule has 4 aliphatic rings. The zero-order valence-corrected chi connectivity index (χ0v) is 26.4. The highest BCUT2D eigenvalue weighted by molar-refractivity contribution is 5.63. The minimum atomic E-state index is -0.961. The quantitative estimate of drug-likeness (QED) is 0.283. The molecule has 4 aliphatic carbocycles. The fourth-order valence-electron chi connectivity index (χ4n) is 10.1. The van der Waals surface area contributed by atoms with Gasteiger partial charge in [-0.3, -0.25) is 0 Å². The van der Waals surface area contributed by atoms with Crippen LogP contribution >= 0.6 is 0 Å². The average molecular weight is 532 g/mol. The molecule has 9 atom stereocenters. The molecule has 3 fully saturated rings. The maximum Gasteiger partial charge on any atom is 0.100 e. The van der Waals surface area contributed by atoms with Crippen LogP contribution in [0.2, 0.25) is 0 Å². The standard InChI is InChI=1S/C30H54NO.C4H8O2/c1-20(2)10-9-11-21(3)25-14-15-26-24-13-12-22-18-23(32)19-28(31(6,7)8)30(22,5)27(24)16-17-29(25,26)4;1-2-3-4(5)6/h12,20-21,23-28,32H,9-11,13-19H2,1-8H3;2-3H2,1H3,(H,5,6)/q+1;/p-1/t21-,23+,24+,25-,26+,27+,28?,29-,30+;/m1./s1. The highest BCUT2D eigenvalue weighted by Gasteiger charge is 2.63. The van der Waals surface area contributed by atoms with Crippen LogP contribution in [-0.2, 0) is 4.79 Å². The smallest absolute Gasteiger partial charge is 0.100 e. The second kappa shape index (κ2) is 12.3. The van der Waals surface area contributed by atoms with E-state index in [0.29, 0.717) is 17.9 Å². The molecular weight excluding hydrogens is 470 g/mol. The summed E-state index contributed by atoms with van der Waals surface area (Å²) < 4.78 is 0.978. The lowest BCUT2D eigenvalue weighted by molar-refractivity contribution is -0.905. The van der Waals surface area contributed by atoms with Crippen LogP contribution in [0.5, 0.6) is 0 Å². The van der Waals surface area contributed by atoms with Gasteiger partial charge in [-0.1, -0.05) is 72.0 Å². The van der Waals surface area contributed by atoms with Gasteiger partial charge in [0.2, 0.25) is 0 Å². The molecule has 1 N–H and O–H groups in total. The molecule has 220 valence electrons. The number of quaternary nitrogens is 1. The average Bonchev–Trinajstić information content (AvgIpc) is 3.16. The molecule has 0 heterocycles. The van der Waals surface area contributed by atoms with Crippen molar-refractivity contribution in [3.05, 3.63) is 11.6 Å². The van der Waals surface area contributed by atoms with Crippen LogP contribution in [0.1, 0.15) is 119 Å². The summed E-state index contributed by atoms with van der Waals surface area (Å²) >= 11 is 0. The van der Waals surface area contributed by atoms with E-state index >= 15 is 0 Å². The number of carbonyl (C=O) groups excluding carboxylic acids is 1. The van der Waals surface area contributed by atoms with E-state index in [0.717, 1.165) is 52.8 Å². The topological polar surface area (TPSA) is 60.4 Å². The van der Waals surface area contributed by atoms with Gasteiger partial charge in [-0.05, 0) is 92.8 Å². The number of allylic oxidation sites excluding steroid dienone is 1. The number of carbonyl (C=O) groups is 1. The van der Waals surface area contributed by atoms with E-state index in [9.17, 15) is 15.0 Å². The number of fused-ring (bicyclic) bond motifs is 5. The van der Waals surface area contributed by atoms with E-state index in [4.69, 9.17) is 0 Å². The van der Waals surface area contributed by atoms with Gasteiger partial charge in [0.1, 0.15) is 6.04 Å². The van der Waals surface area contributed by atoms with Crippen molar-refractivity contribution in [1.29, 1.82) is 0 Å². The van der Waals surface area contributed by atoms with Crippen molar-refractivity contribution in [3.63, 3.8) is 0 Å². The normalized spacial score (nSPS) is 39.3. The SMILES string of the molecule is CC(C)CCC[C@@H](C)[C@H]1CC[C@H]2[C@@H]3CC=C4C[C@H](O)CC([N+](C)(C)C)[C@]4(C)[C@H]3CC[C@]12C.CCCC(=O)[O-]. The summed E-state index contributed by atoms with van der Waals surface area (Å²) in [7, 11) is 7.10. The predicted molar refractivity (Wildman–Crippen MR) is 156 cm³/mol. The van der Waals surface area contributed by atoms with Gasteiger partial charge in [0.25, 0.3) is 0 Å². The number of rotatable bonds is 8. The van der Waals surface area contributed by atoms with Crippen molar-refractivity contribution in [3.8, 4) is 0 Å². The van der Waals surface area contributed by atoms with E-state index in [1.807, 2.05) is 0 Å². The van der Waals surface area contributed by atoms with E-state index in [-0.39, 0.29) is 17.9 Å². The predicted octanol–water partition coefficient (Wildman–Crippen LogP) is 6.61.